The molecule has 2 rings (SSSR count). The van der Waals surface area contributed by atoms with Gasteiger partial charge in [-0.2, -0.15) is 13.1 Å². The Hall–Kier alpha value is -2.72. The highest BCUT2D eigenvalue weighted by Gasteiger charge is 2.24. The van der Waals surface area contributed by atoms with Crippen LogP contribution in [0.4, 0.5) is 8.78 Å². The summed E-state index contributed by atoms with van der Waals surface area (Å²) in [5.41, 5.74) is 1.44. The van der Waals surface area contributed by atoms with E-state index in [1.54, 1.807) is 39.0 Å². The Morgan fingerprint density at radius 2 is 1.78 bits per heavy atom. The van der Waals surface area contributed by atoms with Gasteiger partial charge in [-0.25, -0.2) is 8.42 Å². The molecule has 0 radical (unpaired) electrons. The van der Waals surface area contributed by atoms with Crippen LogP contribution in [0.1, 0.15) is 35.3 Å². The number of ether oxygens (including phenoxy) is 2. The number of benzene rings is 2. The summed E-state index contributed by atoms with van der Waals surface area (Å²) in [6.07, 6.45) is 0.353. The number of carbonyl (C=O) groups excluding carboxylic acids is 1. The highest BCUT2D eigenvalue weighted by Crippen LogP contribution is 2.29. The third-order valence-electron chi connectivity index (χ3n) is 4.92. The maximum atomic E-state index is 12.9. The molecule has 0 aromatic heterocycles. The maximum Gasteiger partial charge on any atom is 0.387 e. The Balaban J connectivity index is 2.11. The molecule has 10 heteroatoms. The number of amides is 1. The van der Waals surface area contributed by atoms with E-state index in [0.717, 1.165) is 0 Å². The van der Waals surface area contributed by atoms with Crippen molar-refractivity contribution in [2.24, 2.45) is 0 Å². The van der Waals surface area contributed by atoms with Crippen molar-refractivity contribution in [2.45, 2.75) is 38.7 Å². The molecule has 0 heterocycles. The highest BCUT2D eigenvalue weighted by molar-refractivity contribution is 7.89. The van der Waals surface area contributed by atoms with Crippen LogP contribution in [0.25, 0.3) is 0 Å². The van der Waals surface area contributed by atoms with Gasteiger partial charge in [0.1, 0.15) is 0 Å². The number of nitrogens with zero attached hydrogens (tertiary/aromatic N) is 1. The van der Waals surface area contributed by atoms with Gasteiger partial charge in [-0.1, -0.05) is 26.0 Å². The van der Waals surface area contributed by atoms with Crippen LogP contribution in [0.5, 0.6) is 11.5 Å². The fourth-order valence-corrected chi connectivity index (χ4v) is 4.92. The number of rotatable bonds is 11. The number of halogens is 2. The van der Waals surface area contributed by atoms with Crippen molar-refractivity contribution in [1.29, 1.82) is 0 Å². The van der Waals surface area contributed by atoms with E-state index in [2.05, 4.69) is 10.1 Å². The molecule has 1 N–H and O–H groups in total. The molecule has 1 amide bonds. The monoisotopic (exact) mass is 470 g/mol. The van der Waals surface area contributed by atoms with Gasteiger partial charge in [-0.05, 0) is 48.7 Å². The second-order valence-corrected chi connectivity index (χ2v) is 8.85. The van der Waals surface area contributed by atoms with Gasteiger partial charge in [0.25, 0.3) is 5.91 Å². The summed E-state index contributed by atoms with van der Waals surface area (Å²) in [5, 5.41) is 2.72. The zero-order valence-electron chi connectivity index (χ0n) is 18.5. The largest absolute Gasteiger partial charge is 0.493 e. The van der Waals surface area contributed by atoms with Gasteiger partial charge in [-0.3, -0.25) is 4.79 Å². The fourth-order valence-electron chi connectivity index (χ4n) is 3.21. The van der Waals surface area contributed by atoms with Crippen LogP contribution in [-0.2, 0) is 16.4 Å². The lowest BCUT2D eigenvalue weighted by molar-refractivity contribution is -0.0512. The third kappa shape index (κ3) is 6.17. The molecule has 176 valence electrons. The molecule has 0 fully saturated rings. The van der Waals surface area contributed by atoms with E-state index < -0.39 is 22.5 Å². The van der Waals surface area contributed by atoms with Gasteiger partial charge in [0.2, 0.25) is 10.0 Å². The van der Waals surface area contributed by atoms with E-state index in [1.807, 2.05) is 0 Å². The molecule has 0 atom stereocenters. The molecule has 0 aliphatic carbocycles. The minimum Gasteiger partial charge on any atom is -0.493 e. The predicted octanol–water partition coefficient (Wildman–Crippen LogP) is 3.61. The van der Waals surface area contributed by atoms with Crippen LogP contribution in [-0.4, -0.2) is 52.0 Å². The molecule has 0 saturated heterocycles. The van der Waals surface area contributed by atoms with Crippen molar-refractivity contribution in [3.8, 4) is 11.5 Å². The zero-order valence-corrected chi connectivity index (χ0v) is 19.3. The number of carbonyl (C=O) groups is 1. The van der Waals surface area contributed by atoms with Gasteiger partial charge in [0, 0.05) is 25.2 Å². The molecule has 2 aromatic rings. The van der Waals surface area contributed by atoms with Crippen LogP contribution in [0.2, 0.25) is 0 Å². The van der Waals surface area contributed by atoms with E-state index in [9.17, 15) is 22.0 Å². The summed E-state index contributed by atoms with van der Waals surface area (Å²) in [4.78, 5) is 12.7. The first-order valence-electron chi connectivity index (χ1n) is 10.1. The molecule has 32 heavy (non-hydrogen) atoms. The molecule has 0 spiro atoms. The molecule has 0 unspecified atom stereocenters. The molecule has 0 saturated carbocycles. The minimum absolute atomic E-state index is 0.0869. The summed E-state index contributed by atoms with van der Waals surface area (Å²) in [6, 6.07) is 9.16. The van der Waals surface area contributed by atoms with Crippen LogP contribution in [0, 0.1) is 6.92 Å². The number of sulfonamides is 1. The van der Waals surface area contributed by atoms with Crippen molar-refractivity contribution in [1.82, 2.24) is 9.62 Å². The molecule has 2 aromatic carbocycles. The van der Waals surface area contributed by atoms with Gasteiger partial charge in [0.15, 0.2) is 11.5 Å². The molecule has 0 bridgehead atoms. The standard InChI is InChI=1S/C22H28F2N2O5S/c1-5-26(6-2)32(28,29)20-14-17(9-7-15(20)3)21(27)25-12-11-16-8-10-18(30-4)19(13-16)31-22(23)24/h7-10,13-14,22H,5-6,11-12H2,1-4H3,(H,25,27). The van der Waals surface area contributed by atoms with E-state index >= 15 is 0 Å². The average molecular weight is 471 g/mol. The first-order chi connectivity index (χ1) is 15.1. The van der Waals surface area contributed by atoms with Crippen molar-refractivity contribution in [3.05, 3.63) is 53.1 Å². The first kappa shape index (κ1) is 25.5. The normalized spacial score (nSPS) is 11.6. The zero-order chi connectivity index (χ0) is 23.9. The third-order valence-corrected chi connectivity index (χ3v) is 7.11. The van der Waals surface area contributed by atoms with Gasteiger partial charge < -0.3 is 14.8 Å². The Morgan fingerprint density at radius 3 is 2.38 bits per heavy atom. The van der Waals surface area contributed by atoms with E-state index in [-0.39, 0.29) is 28.5 Å². The Kier molecular flexibility index (Phi) is 8.97. The van der Waals surface area contributed by atoms with Crippen LogP contribution in [0.15, 0.2) is 41.3 Å². The number of alkyl halides is 2. The number of hydrogen-bond donors (Lipinski definition) is 1. The maximum absolute atomic E-state index is 12.9. The van der Waals surface area contributed by atoms with Crippen LogP contribution in [0.3, 0.4) is 0 Å². The fraction of sp³-hybridized carbons (Fsp3) is 0.409. The van der Waals surface area contributed by atoms with Gasteiger partial charge in [-0.15, -0.1) is 0 Å². The average Bonchev–Trinajstić information content (AvgIpc) is 2.74. The number of methoxy groups -OCH3 is 1. The van der Waals surface area contributed by atoms with Crippen LogP contribution < -0.4 is 14.8 Å². The topological polar surface area (TPSA) is 84.9 Å². The first-order valence-corrected chi connectivity index (χ1v) is 11.6. The molecular formula is C22H28F2N2O5S. The van der Waals surface area contributed by atoms with Gasteiger partial charge >= 0.3 is 6.61 Å². The summed E-state index contributed by atoms with van der Waals surface area (Å²) in [6.45, 7) is 3.07. The lowest BCUT2D eigenvalue weighted by Gasteiger charge is -2.20. The summed E-state index contributed by atoms with van der Waals surface area (Å²) < 4.78 is 61.7. The van der Waals surface area contributed by atoms with Crippen molar-refractivity contribution in [2.75, 3.05) is 26.7 Å². The molecule has 0 aliphatic rings. The van der Waals surface area contributed by atoms with Crippen molar-refractivity contribution in [3.63, 3.8) is 0 Å². The SMILES string of the molecule is CCN(CC)S(=O)(=O)c1cc(C(=O)NCCc2ccc(OC)c(OC(F)F)c2)ccc1C. The smallest absolute Gasteiger partial charge is 0.387 e. The Morgan fingerprint density at radius 1 is 1.09 bits per heavy atom. The predicted molar refractivity (Wildman–Crippen MR) is 117 cm³/mol. The summed E-state index contributed by atoms with van der Waals surface area (Å²) >= 11 is 0. The number of hydrogen-bond acceptors (Lipinski definition) is 5. The molecule has 7 nitrogen and oxygen atoms in total. The summed E-state index contributed by atoms with van der Waals surface area (Å²) in [7, 11) is -2.36. The lowest BCUT2D eigenvalue weighted by atomic mass is 10.1. The minimum atomic E-state index is -3.71. The van der Waals surface area contributed by atoms with E-state index in [4.69, 9.17) is 4.74 Å². The number of nitrogens with one attached hydrogen (secondary N) is 1. The lowest BCUT2D eigenvalue weighted by Crippen LogP contribution is -2.31. The Labute approximate surface area is 187 Å². The molecular weight excluding hydrogens is 442 g/mol. The quantitative estimate of drug-likeness (QED) is 0.542. The summed E-state index contributed by atoms with van der Waals surface area (Å²) in [5.74, 6) is -0.339. The van der Waals surface area contributed by atoms with Crippen LogP contribution >= 0.6 is 0 Å². The van der Waals surface area contributed by atoms with Gasteiger partial charge in [0.05, 0.1) is 12.0 Å². The second kappa shape index (κ2) is 11.2. The highest BCUT2D eigenvalue weighted by atomic mass is 32.2. The Bertz CT molecular complexity index is 1040. The second-order valence-electron chi connectivity index (χ2n) is 6.94. The molecule has 0 aliphatic heterocycles. The van der Waals surface area contributed by atoms with E-state index in [0.29, 0.717) is 30.6 Å². The van der Waals surface area contributed by atoms with E-state index in [1.165, 1.54) is 29.6 Å². The van der Waals surface area contributed by atoms with Crippen molar-refractivity contribution >= 4 is 15.9 Å². The number of aryl methyl sites for hydroxylation is 1. The van der Waals surface area contributed by atoms with Crippen molar-refractivity contribution < 1.29 is 31.5 Å².